The Morgan fingerprint density at radius 2 is 1.81 bits per heavy atom. The van der Waals surface area contributed by atoms with Crippen molar-refractivity contribution >= 4 is 27.3 Å². The first-order valence-electron chi connectivity index (χ1n) is 8.95. The van der Waals surface area contributed by atoms with E-state index >= 15 is 0 Å². The van der Waals surface area contributed by atoms with E-state index in [1.165, 1.54) is 9.87 Å². The highest BCUT2D eigenvalue weighted by Gasteiger charge is 2.30. The third-order valence-corrected chi connectivity index (χ3v) is 7.86. The summed E-state index contributed by atoms with van der Waals surface area (Å²) >= 11 is 1.58. The summed E-state index contributed by atoms with van der Waals surface area (Å²) in [6, 6.07) is 7.48. The maximum atomic E-state index is 12.9. The Kier molecular flexibility index (Phi) is 4.86. The molecule has 1 amide bonds. The molecule has 0 radical (unpaired) electrons. The average molecular weight is 391 g/mol. The number of nitrogens with zero attached hydrogens (tertiary/aromatic N) is 2. The number of carbonyl (C=O) groups is 1. The molecule has 0 unspecified atom stereocenters. The molecule has 2 aromatic rings. The Balaban J connectivity index is 1.41. The number of amides is 1. The van der Waals surface area contributed by atoms with Crippen LogP contribution in [0.15, 0.2) is 39.9 Å². The van der Waals surface area contributed by atoms with E-state index in [2.05, 4.69) is 0 Å². The van der Waals surface area contributed by atoms with Crippen LogP contribution >= 0.6 is 11.3 Å². The minimum Gasteiger partial charge on any atom is -0.340 e. The van der Waals surface area contributed by atoms with Crippen molar-refractivity contribution in [2.24, 2.45) is 0 Å². The van der Waals surface area contributed by atoms with Crippen molar-refractivity contribution in [3.8, 4) is 0 Å². The van der Waals surface area contributed by atoms with Gasteiger partial charge in [0.25, 0.3) is 0 Å². The first kappa shape index (κ1) is 17.7. The topological polar surface area (TPSA) is 57.7 Å². The summed E-state index contributed by atoms with van der Waals surface area (Å²) in [6.45, 7) is 1.61. The molecule has 0 spiro atoms. The standard InChI is InChI=1S/C19H22N2O3S2/c22-19(12-15-6-11-25-14-15)20-7-9-21(10-8-20)26(23,24)18-5-4-16-2-1-3-17(16)13-18/h4-6,11,13-14H,1-3,7-10,12H2. The Morgan fingerprint density at radius 3 is 2.54 bits per heavy atom. The maximum absolute atomic E-state index is 12.9. The molecular formula is C19H22N2O3S2. The van der Waals surface area contributed by atoms with Gasteiger partial charge in [0, 0.05) is 26.2 Å². The van der Waals surface area contributed by atoms with Gasteiger partial charge in [-0.1, -0.05) is 6.07 Å². The number of carbonyl (C=O) groups excluding carboxylic acids is 1. The van der Waals surface area contributed by atoms with Gasteiger partial charge in [-0.25, -0.2) is 8.42 Å². The molecule has 2 aliphatic rings. The summed E-state index contributed by atoms with van der Waals surface area (Å²) < 4.78 is 27.4. The predicted molar refractivity (Wildman–Crippen MR) is 102 cm³/mol. The molecule has 4 rings (SSSR count). The third kappa shape index (κ3) is 3.43. The quantitative estimate of drug-likeness (QED) is 0.805. The summed E-state index contributed by atoms with van der Waals surface area (Å²) in [5.74, 6) is 0.0676. The SMILES string of the molecule is O=C(Cc1ccsc1)N1CCN(S(=O)(=O)c2ccc3c(c2)CCC3)CC1. The van der Waals surface area contributed by atoms with Gasteiger partial charge in [-0.2, -0.15) is 15.6 Å². The van der Waals surface area contributed by atoms with Crippen LogP contribution in [0.5, 0.6) is 0 Å². The van der Waals surface area contributed by atoms with E-state index in [4.69, 9.17) is 0 Å². The van der Waals surface area contributed by atoms with Crippen molar-refractivity contribution in [2.45, 2.75) is 30.6 Å². The Labute approximate surface area is 158 Å². The summed E-state index contributed by atoms with van der Waals surface area (Å²) in [5.41, 5.74) is 3.46. The number of thiophene rings is 1. The summed E-state index contributed by atoms with van der Waals surface area (Å²) in [4.78, 5) is 14.5. The second-order valence-corrected chi connectivity index (χ2v) is 9.60. The average Bonchev–Trinajstić information content (AvgIpc) is 3.32. The van der Waals surface area contributed by atoms with Crippen molar-refractivity contribution < 1.29 is 13.2 Å². The van der Waals surface area contributed by atoms with Crippen LogP contribution < -0.4 is 0 Å². The molecule has 138 valence electrons. The molecule has 26 heavy (non-hydrogen) atoms. The first-order valence-corrected chi connectivity index (χ1v) is 11.3. The molecule has 1 aliphatic carbocycles. The van der Waals surface area contributed by atoms with Gasteiger partial charge in [-0.05, 0) is 64.9 Å². The fourth-order valence-electron chi connectivity index (χ4n) is 3.72. The van der Waals surface area contributed by atoms with Crippen molar-refractivity contribution in [3.63, 3.8) is 0 Å². The van der Waals surface area contributed by atoms with E-state index < -0.39 is 10.0 Å². The van der Waals surface area contributed by atoms with E-state index in [0.717, 1.165) is 30.4 Å². The maximum Gasteiger partial charge on any atom is 0.243 e. The lowest BCUT2D eigenvalue weighted by atomic mass is 10.1. The van der Waals surface area contributed by atoms with E-state index in [9.17, 15) is 13.2 Å². The van der Waals surface area contributed by atoms with Crippen LogP contribution in [-0.2, 0) is 34.1 Å². The molecule has 1 aromatic heterocycles. The lowest BCUT2D eigenvalue weighted by Crippen LogP contribution is -2.50. The molecule has 0 bridgehead atoms. The number of fused-ring (bicyclic) bond motifs is 1. The molecule has 0 saturated carbocycles. The number of benzene rings is 1. The fourth-order valence-corrected chi connectivity index (χ4v) is 5.86. The highest BCUT2D eigenvalue weighted by Crippen LogP contribution is 2.26. The molecule has 1 saturated heterocycles. The van der Waals surface area contributed by atoms with Crippen molar-refractivity contribution in [1.29, 1.82) is 0 Å². The zero-order valence-corrected chi connectivity index (χ0v) is 16.2. The molecule has 7 heteroatoms. The summed E-state index contributed by atoms with van der Waals surface area (Å²) in [6.07, 6.45) is 3.49. The van der Waals surface area contributed by atoms with Crippen LogP contribution in [0.3, 0.4) is 0 Å². The molecule has 1 aliphatic heterocycles. The van der Waals surface area contributed by atoms with Crippen molar-refractivity contribution in [3.05, 3.63) is 51.7 Å². The molecule has 1 aromatic carbocycles. The molecule has 1 fully saturated rings. The van der Waals surface area contributed by atoms with Gasteiger partial charge in [0.2, 0.25) is 15.9 Å². The Morgan fingerprint density at radius 1 is 1.04 bits per heavy atom. The molecular weight excluding hydrogens is 368 g/mol. The predicted octanol–water partition coefficient (Wildman–Crippen LogP) is 2.31. The zero-order chi connectivity index (χ0) is 18.1. The van der Waals surface area contributed by atoms with E-state index in [0.29, 0.717) is 37.5 Å². The highest BCUT2D eigenvalue weighted by atomic mass is 32.2. The minimum absolute atomic E-state index is 0.0676. The Hall–Kier alpha value is -1.70. The monoisotopic (exact) mass is 390 g/mol. The van der Waals surface area contributed by atoms with Crippen LogP contribution in [0, 0.1) is 0 Å². The number of aryl methyl sites for hydroxylation is 2. The molecule has 2 heterocycles. The van der Waals surface area contributed by atoms with Gasteiger partial charge in [-0.15, -0.1) is 0 Å². The summed E-state index contributed by atoms with van der Waals surface area (Å²) in [7, 11) is -3.49. The van der Waals surface area contributed by atoms with E-state index in [-0.39, 0.29) is 5.91 Å². The third-order valence-electron chi connectivity index (χ3n) is 5.23. The molecule has 5 nitrogen and oxygen atoms in total. The van der Waals surface area contributed by atoms with Crippen LogP contribution in [0.2, 0.25) is 0 Å². The fraction of sp³-hybridized carbons (Fsp3) is 0.421. The second kappa shape index (κ2) is 7.13. The van der Waals surface area contributed by atoms with Crippen molar-refractivity contribution in [2.75, 3.05) is 26.2 Å². The molecule has 0 atom stereocenters. The zero-order valence-electron chi connectivity index (χ0n) is 14.6. The lowest BCUT2D eigenvalue weighted by molar-refractivity contribution is -0.131. The summed E-state index contributed by atoms with van der Waals surface area (Å²) in [5, 5.41) is 3.94. The number of hydrogen-bond acceptors (Lipinski definition) is 4. The highest BCUT2D eigenvalue weighted by molar-refractivity contribution is 7.89. The van der Waals surface area contributed by atoms with Crippen molar-refractivity contribution in [1.82, 2.24) is 9.21 Å². The number of hydrogen-bond donors (Lipinski definition) is 0. The molecule has 0 N–H and O–H groups in total. The second-order valence-electron chi connectivity index (χ2n) is 6.88. The lowest BCUT2D eigenvalue weighted by Gasteiger charge is -2.34. The van der Waals surface area contributed by atoms with Crippen LogP contribution in [0.1, 0.15) is 23.1 Å². The first-order chi connectivity index (χ1) is 12.5. The minimum atomic E-state index is -3.49. The van der Waals surface area contributed by atoms with E-state index in [1.807, 2.05) is 29.0 Å². The van der Waals surface area contributed by atoms with Gasteiger partial charge in [0.15, 0.2) is 0 Å². The van der Waals surface area contributed by atoms with Crippen LogP contribution in [0.4, 0.5) is 0 Å². The van der Waals surface area contributed by atoms with Crippen LogP contribution in [0.25, 0.3) is 0 Å². The van der Waals surface area contributed by atoms with E-state index in [1.54, 1.807) is 22.3 Å². The smallest absolute Gasteiger partial charge is 0.243 e. The van der Waals surface area contributed by atoms with Gasteiger partial charge in [-0.3, -0.25) is 4.79 Å². The van der Waals surface area contributed by atoms with Gasteiger partial charge in [0.05, 0.1) is 11.3 Å². The normalized spacial score (nSPS) is 18.1. The van der Waals surface area contributed by atoms with Gasteiger partial charge in [0.1, 0.15) is 0 Å². The largest absolute Gasteiger partial charge is 0.340 e. The number of sulfonamides is 1. The number of rotatable bonds is 4. The number of piperazine rings is 1. The van der Waals surface area contributed by atoms with Crippen LogP contribution in [-0.4, -0.2) is 49.7 Å². The van der Waals surface area contributed by atoms with Gasteiger partial charge >= 0.3 is 0 Å². The Bertz CT molecular complexity index is 899. The van der Waals surface area contributed by atoms with Gasteiger partial charge < -0.3 is 4.90 Å².